The molecule has 26 nitrogen and oxygen atoms in total. The number of aliphatic hydroxyl groups is 1. The predicted molar refractivity (Wildman–Crippen MR) is 285 cm³/mol. The molecule has 4 aromatic carbocycles. The molecule has 1 aliphatic heterocycles. The molecule has 1 fully saturated rings. The van der Waals surface area contributed by atoms with Crippen molar-refractivity contribution in [3.63, 3.8) is 0 Å². The van der Waals surface area contributed by atoms with Crippen LogP contribution in [-0.4, -0.2) is 169 Å². The SMILES string of the molecule is CCCc1nn(C)c2c(=O)[nH]c(-c3cc(S(=O)(=O)N4CCN(C)CC4)ccc3OCC)nc12.CCOc1nc2cccc(C(=O)O)c2n1Cc1ccc(-c2ccccc2-c2nn[nH]n2)cc1.O=C(O)CC(O)(CC(=O)O)C(=O)O. The second-order valence-electron chi connectivity index (χ2n) is 18.1. The van der Waals surface area contributed by atoms with Crippen LogP contribution >= 0.6 is 0 Å². The van der Waals surface area contributed by atoms with Gasteiger partial charge in [-0.15, -0.1) is 10.2 Å². The third-order valence-electron chi connectivity index (χ3n) is 12.5. The van der Waals surface area contributed by atoms with Crippen LogP contribution in [0, 0.1) is 0 Å². The number of hydrogen-bond donors (Lipinski definition) is 7. The Morgan fingerprint density at radius 1 is 0.772 bits per heavy atom. The number of para-hydroxylation sites is 1. The Morgan fingerprint density at radius 3 is 2.04 bits per heavy atom. The van der Waals surface area contributed by atoms with Crippen LogP contribution in [0.4, 0.5) is 0 Å². The summed E-state index contributed by atoms with van der Waals surface area (Å²) in [5.41, 5.74) is 4.18. The standard InChI is InChI=1S/C24H20N6O3.C22H30N6O4S.C6H8O7/c1-2-33-24-25-20-9-5-8-19(23(31)32)21(20)30(24)14-15-10-12-16(13-11-15)17-6-3-4-7-18(17)22-26-28-29-27-22;1-5-7-17-19-20(27(4)25-17)22(29)24-21(23-19)16-14-15(8-9-18(16)32-6-2)33(30,31)28-12-10-26(3)11-13-28;7-3(8)1-6(13,5(11)12)2-4(9)10/h3-13H,2,14H2,1H3,(H,31,32)(H,26,27,28,29);8-9,14H,5-7,10-13H2,1-4H3,(H,23,24,29);13H,1-2H2,(H,7,8)(H,9,10)(H,11,12). The van der Waals surface area contributed by atoms with Crippen LogP contribution in [0.3, 0.4) is 0 Å². The fourth-order valence-electron chi connectivity index (χ4n) is 8.71. The number of carbonyl (C=O) groups is 4. The van der Waals surface area contributed by atoms with Crippen molar-refractivity contribution in [1.29, 1.82) is 0 Å². The van der Waals surface area contributed by atoms with Gasteiger partial charge in [-0.1, -0.05) is 67.9 Å². The van der Waals surface area contributed by atoms with Crippen LogP contribution in [0.5, 0.6) is 11.8 Å². The van der Waals surface area contributed by atoms with E-state index in [1.165, 1.54) is 8.99 Å². The van der Waals surface area contributed by atoms with Gasteiger partial charge in [0.1, 0.15) is 17.1 Å². The lowest BCUT2D eigenvalue weighted by Crippen LogP contribution is -2.47. The summed E-state index contributed by atoms with van der Waals surface area (Å²) in [6, 6.07) is 26.1. The lowest BCUT2D eigenvalue weighted by Gasteiger charge is -2.31. The Balaban J connectivity index is 0.000000188. The van der Waals surface area contributed by atoms with Gasteiger partial charge in [0.25, 0.3) is 11.6 Å². The van der Waals surface area contributed by atoms with Crippen LogP contribution in [0.1, 0.15) is 61.6 Å². The maximum absolute atomic E-state index is 13.3. The zero-order chi connectivity index (χ0) is 57.2. The van der Waals surface area contributed by atoms with Crippen molar-refractivity contribution in [3.8, 4) is 45.7 Å². The smallest absolute Gasteiger partial charge is 0.337 e. The average molecular weight is 1110 g/mol. The molecule has 0 unspecified atom stereocenters. The van der Waals surface area contributed by atoms with Gasteiger partial charge in [0, 0.05) is 38.8 Å². The van der Waals surface area contributed by atoms with Gasteiger partial charge in [-0.05, 0) is 79.6 Å². The molecular formula is C52H58N12O14S. The van der Waals surface area contributed by atoms with Crippen LogP contribution < -0.4 is 15.0 Å². The first-order chi connectivity index (χ1) is 37.7. The number of aromatic amines is 2. The van der Waals surface area contributed by atoms with Crippen molar-refractivity contribution in [1.82, 2.24) is 59.1 Å². The van der Waals surface area contributed by atoms with Crippen molar-refractivity contribution < 1.29 is 62.6 Å². The molecule has 0 bridgehead atoms. The quantitative estimate of drug-likeness (QED) is 0.0590. The number of carboxylic acids is 4. The van der Waals surface area contributed by atoms with E-state index in [1.54, 1.807) is 43.4 Å². The number of hydrogen-bond acceptors (Lipinski definition) is 17. The summed E-state index contributed by atoms with van der Waals surface area (Å²) in [4.78, 5) is 69.5. The highest BCUT2D eigenvalue weighted by Gasteiger charge is 2.41. The maximum atomic E-state index is 13.3. The number of H-pyrrole nitrogens is 2. The van der Waals surface area contributed by atoms with E-state index >= 15 is 0 Å². The second kappa shape index (κ2) is 25.0. The molecule has 9 rings (SSSR count). The number of aliphatic carboxylic acids is 3. The summed E-state index contributed by atoms with van der Waals surface area (Å²) in [6.45, 7) is 9.20. The van der Waals surface area contributed by atoms with Gasteiger partial charge in [0.15, 0.2) is 11.1 Å². The minimum Gasteiger partial charge on any atom is -0.493 e. The molecule has 1 saturated heterocycles. The molecule has 0 spiro atoms. The molecule has 4 aromatic heterocycles. The largest absolute Gasteiger partial charge is 0.493 e. The topological polar surface area (TPSA) is 364 Å². The summed E-state index contributed by atoms with van der Waals surface area (Å²) < 4.78 is 43.0. The first kappa shape index (κ1) is 57.8. The Bertz CT molecular complexity index is 3650. The third-order valence-corrected chi connectivity index (χ3v) is 14.4. The van der Waals surface area contributed by atoms with Gasteiger partial charge in [0.2, 0.25) is 15.8 Å². The molecule has 0 aliphatic carbocycles. The van der Waals surface area contributed by atoms with Crippen molar-refractivity contribution in [2.45, 2.75) is 63.5 Å². The van der Waals surface area contributed by atoms with Gasteiger partial charge in [-0.3, -0.25) is 23.6 Å². The van der Waals surface area contributed by atoms with Gasteiger partial charge >= 0.3 is 23.9 Å². The van der Waals surface area contributed by atoms with Crippen LogP contribution in [0.25, 0.3) is 56.0 Å². The fourth-order valence-corrected chi connectivity index (χ4v) is 10.2. The predicted octanol–water partition coefficient (Wildman–Crippen LogP) is 4.39. The zero-order valence-corrected chi connectivity index (χ0v) is 44.5. The number of likely N-dealkylation sites (N-methyl/N-ethyl adjacent to an activating group) is 1. The van der Waals surface area contributed by atoms with Crippen LogP contribution in [0.2, 0.25) is 0 Å². The van der Waals surface area contributed by atoms with Crippen molar-refractivity contribution >= 4 is 56.0 Å². The number of nitrogens with one attached hydrogen (secondary N) is 2. The zero-order valence-electron chi connectivity index (χ0n) is 43.7. The van der Waals surface area contributed by atoms with Crippen molar-refractivity contribution in [2.24, 2.45) is 7.05 Å². The van der Waals surface area contributed by atoms with E-state index in [9.17, 15) is 37.5 Å². The van der Waals surface area contributed by atoms with Gasteiger partial charge < -0.3 is 44.9 Å². The number of rotatable bonds is 19. The molecule has 27 heteroatoms. The normalized spacial score (nSPS) is 13.0. The molecule has 0 amide bonds. The van der Waals surface area contributed by atoms with E-state index in [-0.39, 0.29) is 21.8 Å². The van der Waals surface area contributed by atoms with Gasteiger partial charge in [-0.25, -0.2) is 23.0 Å². The molecular weight excluding hydrogens is 1050 g/mol. The number of nitrogens with zero attached hydrogens (tertiary/aromatic N) is 10. The summed E-state index contributed by atoms with van der Waals surface area (Å²) >= 11 is 0. The summed E-state index contributed by atoms with van der Waals surface area (Å²) in [5.74, 6) is -4.77. The van der Waals surface area contributed by atoms with Crippen molar-refractivity contribution in [3.05, 3.63) is 112 Å². The summed E-state index contributed by atoms with van der Waals surface area (Å²) in [6.07, 6.45) is -0.745. The number of aryl methyl sites for hydroxylation is 2. The lowest BCUT2D eigenvalue weighted by atomic mass is 9.96. The Hall–Kier alpha value is -8.92. The summed E-state index contributed by atoms with van der Waals surface area (Å²) in [7, 11) is -0.00831. The molecule has 416 valence electrons. The van der Waals surface area contributed by atoms with E-state index < -0.39 is 52.3 Å². The van der Waals surface area contributed by atoms with Gasteiger partial charge in [0.05, 0.1) is 65.3 Å². The molecule has 0 atom stereocenters. The van der Waals surface area contributed by atoms with Crippen LogP contribution in [0.15, 0.2) is 94.6 Å². The van der Waals surface area contributed by atoms with E-state index in [2.05, 4.69) is 40.6 Å². The third kappa shape index (κ3) is 13.3. The van der Waals surface area contributed by atoms with E-state index in [1.807, 2.05) is 80.9 Å². The molecule has 7 N–H and O–H groups in total. The summed E-state index contributed by atoms with van der Waals surface area (Å²) in [5, 5.41) is 62.3. The van der Waals surface area contributed by atoms with E-state index in [4.69, 9.17) is 34.9 Å². The fraction of sp³-hybridized carbons (Fsp3) is 0.327. The van der Waals surface area contributed by atoms with E-state index in [0.717, 1.165) is 34.4 Å². The number of ether oxygens (including phenoxy) is 2. The van der Waals surface area contributed by atoms with Crippen LogP contribution in [-0.2, 0) is 44.4 Å². The minimum absolute atomic E-state index is 0.147. The molecule has 79 heavy (non-hydrogen) atoms. The number of aromatic nitrogens is 10. The number of sulfonamides is 1. The van der Waals surface area contributed by atoms with E-state index in [0.29, 0.717) is 97.6 Å². The molecule has 8 aromatic rings. The number of fused-ring (bicyclic) bond motifs is 2. The number of carboxylic acid groups (broad SMARTS) is 4. The molecule has 5 heterocycles. The number of imidazole rings is 1. The highest BCUT2D eigenvalue weighted by atomic mass is 32.2. The average Bonchev–Trinajstić information content (AvgIpc) is 4.34. The molecule has 1 aliphatic rings. The number of benzene rings is 4. The number of aromatic carboxylic acids is 1. The highest BCUT2D eigenvalue weighted by Crippen LogP contribution is 2.34. The molecule has 0 radical (unpaired) electrons. The second-order valence-corrected chi connectivity index (χ2v) is 20.0. The Morgan fingerprint density at radius 2 is 1.44 bits per heavy atom. The minimum atomic E-state index is -3.70. The van der Waals surface area contributed by atoms with Gasteiger partial charge in [-0.2, -0.15) is 19.6 Å². The van der Waals surface area contributed by atoms with Crippen molar-refractivity contribution in [2.75, 3.05) is 46.4 Å². The maximum Gasteiger partial charge on any atom is 0.337 e. The molecule has 0 saturated carbocycles. The monoisotopic (exact) mass is 1110 g/mol. The number of piperazine rings is 1. The Labute approximate surface area is 450 Å². The number of tetrazole rings is 1. The Kier molecular flexibility index (Phi) is 18.3. The first-order valence-corrected chi connectivity index (χ1v) is 26.2. The lowest BCUT2D eigenvalue weighted by molar-refractivity contribution is -0.170. The first-order valence-electron chi connectivity index (χ1n) is 24.8. The highest BCUT2D eigenvalue weighted by molar-refractivity contribution is 7.89.